The van der Waals surface area contributed by atoms with Crippen molar-refractivity contribution in [3.05, 3.63) is 33.9 Å². The van der Waals surface area contributed by atoms with Crippen LogP contribution in [0.15, 0.2) is 24.8 Å². The first-order valence-electron chi connectivity index (χ1n) is 4.94. The van der Waals surface area contributed by atoms with Gasteiger partial charge in [-0.05, 0) is 35.1 Å². The van der Waals surface area contributed by atoms with E-state index in [9.17, 15) is 0 Å². The lowest BCUT2D eigenvalue weighted by atomic mass is 10.4. The summed E-state index contributed by atoms with van der Waals surface area (Å²) >= 11 is 2.18. The van der Waals surface area contributed by atoms with Crippen molar-refractivity contribution in [1.29, 1.82) is 0 Å². The van der Waals surface area contributed by atoms with Crippen molar-refractivity contribution in [2.75, 3.05) is 11.9 Å². The number of aryl methyl sites for hydroxylation is 1. The van der Waals surface area contributed by atoms with Crippen molar-refractivity contribution in [1.82, 2.24) is 19.7 Å². The lowest BCUT2D eigenvalue weighted by Gasteiger charge is -2.04. The molecule has 0 fully saturated rings. The highest BCUT2D eigenvalue weighted by Crippen LogP contribution is 2.02. The lowest BCUT2D eigenvalue weighted by molar-refractivity contribution is 0.635. The molecule has 0 unspecified atom stereocenters. The summed E-state index contributed by atoms with van der Waals surface area (Å²) in [5.41, 5.74) is 1.17. The van der Waals surface area contributed by atoms with E-state index in [-0.39, 0.29) is 0 Å². The topological polar surface area (TPSA) is 55.6 Å². The van der Waals surface area contributed by atoms with Crippen molar-refractivity contribution in [3.8, 4) is 0 Å². The number of anilines is 1. The molecule has 0 bridgehead atoms. The Morgan fingerprint density at radius 1 is 1.31 bits per heavy atom. The lowest BCUT2D eigenvalue weighted by Crippen LogP contribution is -2.12. The van der Waals surface area contributed by atoms with Crippen LogP contribution in [0, 0.1) is 10.5 Å². The van der Waals surface area contributed by atoms with E-state index < -0.39 is 0 Å². The molecule has 0 atom stereocenters. The van der Waals surface area contributed by atoms with Gasteiger partial charge in [-0.3, -0.25) is 4.68 Å². The summed E-state index contributed by atoms with van der Waals surface area (Å²) < 4.78 is 2.93. The highest BCUT2D eigenvalue weighted by atomic mass is 127. The molecule has 0 aliphatic carbocycles. The molecule has 1 N–H and O–H groups in total. The minimum atomic E-state index is 0.657. The van der Waals surface area contributed by atoms with Gasteiger partial charge >= 0.3 is 0 Å². The summed E-state index contributed by atoms with van der Waals surface area (Å²) in [6.07, 6.45) is 7.43. The van der Waals surface area contributed by atoms with Crippen molar-refractivity contribution in [2.24, 2.45) is 0 Å². The van der Waals surface area contributed by atoms with Crippen LogP contribution in [0.4, 0.5) is 5.95 Å². The largest absolute Gasteiger partial charge is 0.352 e. The number of hydrogen-bond donors (Lipinski definition) is 1. The van der Waals surface area contributed by atoms with E-state index in [1.54, 1.807) is 12.4 Å². The Hall–Kier alpha value is -1.18. The van der Waals surface area contributed by atoms with Gasteiger partial charge in [0, 0.05) is 28.7 Å². The average molecular weight is 329 g/mol. The Balaban J connectivity index is 1.82. The molecule has 0 amide bonds. The van der Waals surface area contributed by atoms with Crippen molar-refractivity contribution in [2.45, 2.75) is 13.5 Å². The van der Waals surface area contributed by atoms with Crippen LogP contribution in [-0.4, -0.2) is 26.3 Å². The number of nitrogens with zero attached hydrogens (tertiary/aromatic N) is 4. The van der Waals surface area contributed by atoms with Crippen molar-refractivity contribution in [3.63, 3.8) is 0 Å². The van der Waals surface area contributed by atoms with Gasteiger partial charge in [-0.2, -0.15) is 5.10 Å². The molecule has 0 aliphatic heterocycles. The first-order chi connectivity index (χ1) is 7.74. The molecule has 84 valence electrons. The summed E-state index contributed by atoms with van der Waals surface area (Å²) in [6, 6.07) is 0. The van der Waals surface area contributed by atoms with Crippen molar-refractivity contribution >= 4 is 28.5 Å². The third-order valence-electron chi connectivity index (χ3n) is 2.01. The third-order valence-corrected chi connectivity index (χ3v) is 2.56. The zero-order valence-electron chi connectivity index (χ0n) is 8.89. The van der Waals surface area contributed by atoms with E-state index in [1.165, 1.54) is 5.56 Å². The van der Waals surface area contributed by atoms with Gasteiger partial charge in [-0.15, -0.1) is 0 Å². The zero-order valence-corrected chi connectivity index (χ0v) is 11.0. The summed E-state index contributed by atoms with van der Waals surface area (Å²) in [7, 11) is 0. The monoisotopic (exact) mass is 329 g/mol. The molecular formula is C10H12IN5. The summed E-state index contributed by atoms with van der Waals surface area (Å²) in [5.74, 6) is 0.657. The van der Waals surface area contributed by atoms with Crippen LogP contribution in [0.2, 0.25) is 0 Å². The molecule has 0 spiro atoms. The van der Waals surface area contributed by atoms with Crippen molar-refractivity contribution < 1.29 is 0 Å². The van der Waals surface area contributed by atoms with Gasteiger partial charge in [-0.1, -0.05) is 0 Å². The molecule has 2 aromatic rings. The van der Waals surface area contributed by atoms with Gasteiger partial charge in [0.05, 0.1) is 12.7 Å². The second-order valence-electron chi connectivity index (χ2n) is 3.43. The van der Waals surface area contributed by atoms with E-state index in [1.807, 2.05) is 24.0 Å². The number of aromatic nitrogens is 4. The minimum Gasteiger partial charge on any atom is -0.352 e. The van der Waals surface area contributed by atoms with Crippen LogP contribution < -0.4 is 5.32 Å². The van der Waals surface area contributed by atoms with Gasteiger partial charge in [0.15, 0.2) is 0 Å². The Labute approximate surface area is 107 Å². The Morgan fingerprint density at radius 3 is 2.69 bits per heavy atom. The Bertz CT molecular complexity index is 450. The Morgan fingerprint density at radius 2 is 2.06 bits per heavy atom. The highest BCUT2D eigenvalue weighted by molar-refractivity contribution is 14.1. The summed E-state index contributed by atoms with van der Waals surface area (Å²) in [6.45, 7) is 3.60. The van der Waals surface area contributed by atoms with Gasteiger partial charge in [-0.25, -0.2) is 9.97 Å². The maximum Gasteiger partial charge on any atom is 0.222 e. The standard InChI is InChI=1S/C10H12IN5/c1-8-4-15-16(7-8)3-2-12-10-13-5-9(11)6-14-10/h4-7H,2-3H2,1H3,(H,12,13,14). The summed E-state index contributed by atoms with van der Waals surface area (Å²) in [4.78, 5) is 8.31. The fraction of sp³-hybridized carbons (Fsp3) is 0.300. The first-order valence-corrected chi connectivity index (χ1v) is 6.02. The quantitative estimate of drug-likeness (QED) is 0.868. The second kappa shape index (κ2) is 5.24. The second-order valence-corrected chi connectivity index (χ2v) is 4.68. The van der Waals surface area contributed by atoms with Gasteiger partial charge in [0.1, 0.15) is 0 Å². The van der Waals surface area contributed by atoms with E-state index in [2.05, 4.69) is 43.0 Å². The molecule has 0 aliphatic rings. The summed E-state index contributed by atoms with van der Waals surface area (Å²) in [5, 5.41) is 7.34. The minimum absolute atomic E-state index is 0.657. The normalized spacial score (nSPS) is 10.4. The number of hydrogen-bond acceptors (Lipinski definition) is 4. The smallest absolute Gasteiger partial charge is 0.222 e. The molecule has 16 heavy (non-hydrogen) atoms. The molecule has 5 nitrogen and oxygen atoms in total. The van der Waals surface area contributed by atoms with Gasteiger partial charge < -0.3 is 5.32 Å². The van der Waals surface area contributed by atoms with E-state index in [4.69, 9.17) is 0 Å². The van der Waals surface area contributed by atoms with Crippen LogP contribution in [0.5, 0.6) is 0 Å². The molecule has 0 saturated carbocycles. The van der Waals surface area contributed by atoms with Crippen LogP contribution >= 0.6 is 22.6 Å². The van der Waals surface area contributed by atoms with Gasteiger partial charge in [0.2, 0.25) is 5.95 Å². The van der Waals surface area contributed by atoms with Crippen LogP contribution in [0.3, 0.4) is 0 Å². The molecule has 0 saturated heterocycles. The first kappa shape index (κ1) is 11.3. The van der Waals surface area contributed by atoms with E-state index in [0.717, 1.165) is 16.7 Å². The van der Waals surface area contributed by atoms with Crippen LogP contribution in [0.25, 0.3) is 0 Å². The SMILES string of the molecule is Cc1cnn(CCNc2ncc(I)cn2)c1. The van der Waals surface area contributed by atoms with E-state index >= 15 is 0 Å². The predicted octanol–water partition coefficient (Wildman–Crippen LogP) is 1.70. The maximum atomic E-state index is 4.20. The predicted molar refractivity (Wildman–Crippen MR) is 70.2 cm³/mol. The number of rotatable bonds is 4. The Kier molecular flexibility index (Phi) is 3.70. The molecule has 2 heterocycles. The van der Waals surface area contributed by atoms with Gasteiger partial charge in [0.25, 0.3) is 0 Å². The molecule has 0 aromatic carbocycles. The fourth-order valence-corrected chi connectivity index (χ4v) is 1.55. The molecule has 2 rings (SSSR count). The van der Waals surface area contributed by atoms with E-state index in [0.29, 0.717) is 5.95 Å². The van der Waals surface area contributed by atoms with Crippen LogP contribution in [0.1, 0.15) is 5.56 Å². The fourth-order valence-electron chi connectivity index (χ4n) is 1.28. The highest BCUT2D eigenvalue weighted by Gasteiger charge is 1.96. The zero-order chi connectivity index (χ0) is 11.4. The average Bonchev–Trinajstić information content (AvgIpc) is 2.67. The van der Waals surface area contributed by atoms with Crippen LogP contribution in [-0.2, 0) is 6.54 Å². The number of nitrogens with one attached hydrogen (secondary N) is 1. The number of halogens is 1. The molecular weight excluding hydrogens is 317 g/mol. The molecule has 6 heteroatoms. The third kappa shape index (κ3) is 3.16. The molecule has 2 aromatic heterocycles. The molecule has 0 radical (unpaired) electrons. The maximum absolute atomic E-state index is 4.20.